The minimum absolute atomic E-state index is 0.309. The first-order valence-corrected chi connectivity index (χ1v) is 6.86. The van der Waals surface area contributed by atoms with E-state index < -0.39 is 0 Å². The van der Waals surface area contributed by atoms with Crippen LogP contribution in [0.25, 0.3) is 0 Å². The van der Waals surface area contributed by atoms with Crippen molar-refractivity contribution in [1.29, 1.82) is 0 Å². The zero-order valence-corrected chi connectivity index (χ0v) is 12.8. The fraction of sp³-hybridized carbons (Fsp3) is 0.133. The fourth-order valence-corrected chi connectivity index (χ4v) is 2.00. The molecule has 0 saturated heterocycles. The van der Waals surface area contributed by atoms with Crippen LogP contribution in [0.1, 0.15) is 5.56 Å². The van der Waals surface area contributed by atoms with Crippen LogP contribution in [0.2, 0.25) is 0 Å². The van der Waals surface area contributed by atoms with E-state index in [4.69, 9.17) is 4.74 Å². The number of ether oxygens (including phenoxy) is 1. The van der Waals surface area contributed by atoms with Crippen LogP contribution >= 0.6 is 15.9 Å². The van der Waals surface area contributed by atoms with E-state index in [0.29, 0.717) is 11.4 Å². The Hall–Kier alpha value is -2.01. The number of anilines is 2. The molecule has 104 valence electrons. The number of carbonyl (C=O) groups excluding carboxylic acids is 1. The van der Waals surface area contributed by atoms with E-state index in [2.05, 4.69) is 26.6 Å². The lowest BCUT2D eigenvalue weighted by molar-refractivity contribution is 0.262. The van der Waals surface area contributed by atoms with Gasteiger partial charge < -0.3 is 15.4 Å². The van der Waals surface area contributed by atoms with Gasteiger partial charge in [0.05, 0.1) is 12.8 Å². The van der Waals surface area contributed by atoms with Crippen LogP contribution in [0.5, 0.6) is 5.75 Å². The van der Waals surface area contributed by atoms with Gasteiger partial charge in [0.25, 0.3) is 0 Å². The Morgan fingerprint density at radius 2 is 1.90 bits per heavy atom. The SMILES string of the molecule is COc1ccccc1NC(=O)Nc1ccc(Br)c(C)c1. The average molecular weight is 335 g/mol. The molecule has 0 aliphatic carbocycles. The summed E-state index contributed by atoms with van der Waals surface area (Å²) in [5.74, 6) is 0.620. The first kappa shape index (κ1) is 14.4. The number of carbonyl (C=O) groups is 1. The van der Waals surface area contributed by atoms with Crippen molar-refractivity contribution in [3.05, 3.63) is 52.5 Å². The van der Waals surface area contributed by atoms with Crippen molar-refractivity contribution in [2.75, 3.05) is 17.7 Å². The number of halogens is 1. The van der Waals surface area contributed by atoms with E-state index in [-0.39, 0.29) is 6.03 Å². The van der Waals surface area contributed by atoms with Gasteiger partial charge in [-0.15, -0.1) is 0 Å². The number of aryl methyl sites for hydroxylation is 1. The van der Waals surface area contributed by atoms with E-state index >= 15 is 0 Å². The number of benzene rings is 2. The topological polar surface area (TPSA) is 50.4 Å². The largest absolute Gasteiger partial charge is 0.495 e. The third-order valence-corrected chi connectivity index (χ3v) is 3.66. The number of nitrogens with one attached hydrogen (secondary N) is 2. The van der Waals surface area contributed by atoms with Crippen LogP contribution < -0.4 is 15.4 Å². The summed E-state index contributed by atoms with van der Waals surface area (Å²) in [6.07, 6.45) is 0. The monoisotopic (exact) mass is 334 g/mol. The number of hydrogen-bond donors (Lipinski definition) is 2. The van der Waals surface area contributed by atoms with E-state index in [0.717, 1.165) is 15.7 Å². The Morgan fingerprint density at radius 1 is 1.15 bits per heavy atom. The summed E-state index contributed by atoms with van der Waals surface area (Å²) in [6, 6.07) is 12.6. The second-order valence-electron chi connectivity index (χ2n) is 4.24. The number of urea groups is 1. The Balaban J connectivity index is 2.07. The highest BCUT2D eigenvalue weighted by Gasteiger charge is 2.07. The normalized spacial score (nSPS) is 9.95. The third-order valence-electron chi connectivity index (χ3n) is 2.77. The number of hydrogen-bond acceptors (Lipinski definition) is 2. The molecule has 0 aliphatic heterocycles. The molecule has 0 unspecified atom stereocenters. The highest BCUT2D eigenvalue weighted by atomic mass is 79.9. The zero-order valence-electron chi connectivity index (χ0n) is 11.2. The molecule has 2 aromatic rings. The van der Waals surface area contributed by atoms with Crippen LogP contribution in [0.15, 0.2) is 46.9 Å². The highest BCUT2D eigenvalue weighted by molar-refractivity contribution is 9.10. The summed E-state index contributed by atoms with van der Waals surface area (Å²) < 4.78 is 6.19. The predicted molar refractivity (Wildman–Crippen MR) is 84.5 cm³/mol. The standard InChI is InChI=1S/C15H15BrN2O2/c1-10-9-11(7-8-12(10)16)17-15(19)18-13-5-3-4-6-14(13)20-2/h3-9H,1-2H3,(H2,17,18,19). The van der Waals surface area contributed by atoms with Crippen molar-refractivity contribution in [3.63, 3.8) is 0 Å². The molecule has 2 rings (SSSR count). The second kappa shape index (κ2) is 6.43. The van der Waals surface area contributed by atoms with Crippen LogP contribution in [0.4, 0.5) is 16.2 Å². The molecule has 0 fully saturated rings. The van der Waals surface area contributed by atoms with Gasteiger partial charge in [0, 0.05) is 10.2 Å². The van der Waals surface area contributed by atoms with Crippen molar-refractivity contribution >= 4 is 33.3 Å². The zero-order chi connectivity index (χ0) is 14.5. The highest BCUT2D eigenvalue weighted by Crippen LogP contribution is 2.24. The van der Waals surface area contributed by atoms with Gasteiger partial charge in [-0.3, -0.25) is 0 Å². The molecule has 0 spiro atoms. The molecule has 2 amide bonds. The predicted octanol–water partition coefficient (Wildman–Crippen LogP) is 4.41. The molecule has 0 heterocycles. The van der Waals surface area contributed by atoms with Gasteiger partial charge >= 0.3 is 6.03 Å². The maximum atomic E-state index is 12.0. The first-order valence-electron chi connectivity index (χ1n) is 6.07. The molecule has 4 nitrogen and oxygen atoms in total. The molecule has 0 saturated carbocycles. The van der Waals surface area contributed by atoms with Gasteiger partial charge in [0.15, 0.2) is 0 Å². The molecule has 0 aromatic heterocycles. The molecule has 2 aromatic carbocycles. The Labute approximate surface area is 126 Å². The van der Waals surface area contributed by atoms with Crippen LogP contribution in [0, 0.1) is 6.92 Å². The summed E-state index contributed by atoms with van der Waals surface area (Å²) in [5.41, 5.74) is 2.42. The minimum Gasteiger partial charge on any atom is -0.495 e. The molecule has 0 aliphatic rings. The minimum atomic E-state index is -0.309. The van der Waals surface area contributed by atoms with Crippen molar-refractivity contribution in [2.24, 2.45) is 0 Å². The van der Waals surface area contributed by atoms with Crippen molar-refractivity contribution in [3.8, 4) is 5.75 Å². The van der Waals surface area contributed by atoms with E-state index in [9.17, 15) is 4.79 Å². The lowest BCUT2D eigenvalue weighted by atomic mass is 10.2. The summed E-state index contributed by atoms with van der Waals surface area (Å²) in [7, 11) is 1.57. The van der Waals surface area contributed by atoms with Gasteiger partial charge in [0.1, 0.15) is 5.75 Å². The number of amides is 2. The molecule has 0 bridgehead atoms. The van der Waals surface area contributed by atoms with Gasteiger partial charge in [-0.05, 0) is 42.8 Å². The van der Waals surface area contributed by atoms with Crippen LogP contribution in [-0.4, -0.2) is 13.1 Å². The Bertz CT molecular complexity index is 629. The number of methoxy groups -OCH3 is 1. The van der Waals surface area contributed by atoms with Crippen molar-refractivity contribution in [1.82, 2.24) is 0 Å². The summed E-state index contributed by atoms with van der Waals surface area (Å²) in [4.78, 5) is 12.0. The first-order chi connectivity index (χ1) is 9.60. The average Bonchev–Trinajstić information content (AvgIpc) is 2.43. The summed E-state index contributed by atoms with van der Waals surface area (Å²) in [5, 5.41) is 5.54. The fourth-order valence-electron chi connectivity index (χ4n) is 1.76. The van der Waals surface area contributed by atoms with E-state index in [1.807, 2.05) is 37.3 Å². The molecule has 2 N–H and O–H groups in total. The van der Waals surface area contributed by atoms with Gasteiger partial charge in [-0.25, -0.2) is 4.79 Å². The van der Waals surface area contributed by atoms with Gasteiger partial charge in [-0.1, -0.05) is 28.1 Å². The number of para-hydroxylation sites is 2. The maximum Gasteiger partial charge on any atom is 0.323 e. The quantitative estimate of drug-likeness (QED) is 0.873. The van der Waals surface area contributed by atoms with E-state index in [1.165, 1.54) is 0 Å². The molecular weight excluding hydrogens is 320 g/mol. The molecule has 0 atom stereocenters. The molecule has 0 radical (unpaired) electrons. The molecular formula is C15H15BrN2O2. The van der Waals surface area contributed by atoms with Crippen molar-refractivity contribution < 1.29 is 9.53 Å². The maximum absolute atomic E-state index is 12.0. The summed E-state index contributed by atoms with van der Waals surface area (Å²) in [6.45, 7) is 1.97. The van der Waals surface area contributed by atoms with Crippen LogP contribution in [0.3, 0.4) is 0 Å². The molecule has 5 heteroatoms. The van der Waals surface area contributed by atoms with Crippen molar-refractivity contribution in [2.45, 2.75) is 6.92 Å². The van der Waals surface area contributed by atoms with Crippen LogP contribution in [-0.2, 0) is 0 Å². The lowest BCUT2D eigenvalue weighted by Gasteiger charge is -2.11. The summed E-state index contributed by atoms with van der Waals surface area (Å²) >= 11 is 3.42. The van der Waals surface area contributed by atoms with E-state index in [1.54, 1.807) is 19.2 Å². The number of rotatable bonds is 3. The Morgan fingerprint density at radius 3 is 2.60 bits per heavy atom. The third kappa shape index (κ3) is 3.51. The smallest absolute Gasteiger partial charge is 0.323 e. The molecule has 20 heavy (non-hydrogen) atoms. The Kier molecular flexibility index (Phi) is 4.63. The second-order valence-corrected chi connectivity index (χ2v) is 5.10. The van der Waals surface area contributed by atoms with Gasteiger partial charge in [-0.2, -0.15) is 0 Å². The van der Waals surface area contributed by atoms with Gasteiger partial charge in [0.2, 0.25) is 0 Å². The lowest BCUT2D eigenvalue weighted by Crippen LogP contribution is -2.19.